The number of ether oxygens (including phenoxy) is 2. The van der Waals surface area contributed by atoms with E-state index in [-0.39, 0.29) is 28.8 Å². The molecule has 3 aromatic heterocycles. The highest BCUT2D eigenvalue weighted by atomic mass is 19.1. The van der Waals surface area contributed by atoms with E-state index in [1.807, 2.05) is 0 Å². The van der Waals surface area contributed by atoms with Crippen LogP contribution in [0.25, 0.3) is 5.65 Å². The number of fused-ring (bicyclic) bond motifs is 1. The highest BCUT2D eigenvalue weighted by Crippen LogP contribution is 2.27. The first-order valence-electron chi connectivity index (χ1n) is 8.35. The zero-order chi connectivity index (χ0) is 18.8. The van der Waals surface area contributed by atoms with Gasteiger partial charge in [-0.05, 0) is 6.07 Å². The maximum Gasteiger partial charge on any atom is 0.263 e. The summed E-state index contributed by atoms with van der Waals surface area (Å²) in [7, 11) is 0. The lowest BCUT2D eigenvalue weighted by atomic mass is 10.2. The summed E-state index contributed by atoms with van der Waals surface area (Å²) in [6.07, 6.45) is 5.24. The fourth-order valence-corrected chi connectivity index (χ4v) is 2.82. The Labute approximate surface area is 153 Å². The predicted molar refractivity (Wildman–Crippen MR) is 94.3 cm³/mol. The average molecular weight is 372 g/mol. The maximum atomic E-state index is 12.9. The molecule has 140 valence electrons. The van der Waals surface area contributed by atoms with Gasteiger partial charge in [0, 0.05) is 24.9 Å². The van der Waals surface area contributed by atoms with Gasteiger partial charge in [-0.15, -0.1) is 5.10 Å². The molecule has 27 heavy (non-hydrogen) atoms. The second kappa shape index (κ2) is 7.16. The third-order valence-electron chi connectivity index (χ3n) is 4.14. The first-order valence-corrected chi connectivity index (χ1v) is 8.35. The summed E-state index contributed by atoms with van der Waals surface area (Å²) in [5.74, 6) is -0.0700. The van der Waals surface area contributed by atoms with Crippen molar-refractivity contribution >= 4 is 23.1 Å². The molecule has 3 aromatic rings. The van der Waals surface area contributed by atoms with Crippen molar-refractivity contribution in [3.63, 3.8) is 0 Å². The number of rotatable bonds is 5. The molecule has 1 amide bonds. The van der Waals surface area contributed by atoms with Gasteiger partial charge in [0.2, 0.25) is 0 Å². The summed E-state index contributed by atoms with van der Waals surface area (Å²) in [4.78, 5) is 20.9. The zero-order valence-electron chi connectivity index (χ0n) is 14.3. The number of halogens is 1. The molecule has 1 aliphatic heterocycles. The first kappa shape index (κ1) is 17.2. The second-order valence-electron chi connectivity index (χ2n) is 6.01. The summed E-state index contributed by atoms with van der Waals surface area (Å²) in [5, 5.41) is 6.77. The number of nitrogens with zero attached hydrogens (tertiary/aromatic N) is 4. The van der Waals surface area contributed by atoms with Crippen LogP contribution in [0, 0.1) is 0 Å². The van der Waals surface area contributed by atoms with E-state index in [1.165, 1.54) is 23.0 Å². The molecule has 0 radical (unpaired) electrons. The van der Waals surface area contributed by atoms with Crippen molar-refractivity contribution in [2.45, 2.75) is 19.2 Å². The minimum atomic E-state index is -0.757. The number of hydrogen-bond donors (Lipinski definition) is 2. The monoisotopic (exact) mass is 372 g/mol. The standard InChI is InChI=1S/C17H17FN6O3/c18-7-10-2-5-24-16(21-10)14(15(19)23-24)17(25)22-12-8-20-4-1-13(12)27-11-3-6-26-9-11/h1-2,4-5,8,11H,3,6-7,9H2,(H2,19,23)(H,22,25)/t11-/m0/s1. The van der Waals surface area contributed by atoms with Gasteiger partial charge in [0.15, 0.2) is 11.5 Å². The lowest BCUT2D eigenvalue weighted by Gasteiger charge is -2.15. The smallest absolute Gasteiger partial charge is 0.263 e. The van der Waals surface area contributed by atoms with Crippen molar-refractivity contribution < 1.29 is 18.7 Å². The number of pyridine rings is 1. The molecular weight excluding hydrogens is 355 g/mol. The molecule has 10 heteroatoms. The third kappa shape index (κ3) is 3.38. The number of nitrogen functional groups attached to an aromatic ring is 1. The molecule has 0 bridgehead atoms. The van der Waals surface area contributed by atoms with Crippen LogP contribution in [0.4, 0.5) is 15.9 Å². The van der Waals surface area contributed by atoms with Crippen LogP contribution in [0.1, 0.15) is 22.5 Å². The first-order chi connectivity index (χ1) is 13.2. The Kier molecular flexibility index (Phi) is 4.55. The fourth-order valence-electron chi connectivity index (χ4n) is 2.82. The number of carbonyl (C=O) groups is 1. The summed E-state index contributed by atoms with van der Waals surface area (Å²) < 4.78 is 25.4. The van der Waals surface area contributed by atoms with E-state index in [0.717, 1.165) is 6.42 Å². The number of hydrogen-bond acceptors (Lipinski definition) is 7. The summed E-state index contributed by atoms with van der Waals surface area (Å²) in [6.45, 7) is 0.373. The van der Waals surface area contributed by atoms with Crippen LogP contribution in [-0.4, -0.2) is 44.8 Å². The van der Waals surface area contributed by atoms with Gasteiger partial charge in [-0.3, -0.25) is 9.78 Å². The van der Waals surface area contributed by atoms with E-state index in [4.69, 9.17) is 15.2 Å². The van der Waals surface area contributed by atoms with Gasteiger partial charge in [0.25, 0.3) is 5.91 Å². The Morgan fingerprint density at radius 1 is 1.48 bits per heavy atom. The van der Waals surface area contributed by atoms with Gasteiger partial charge in [-0.2, -0.15) is 0 Å². The van der Waals surface area contributed by atoms with Gasteiger partial charge in [0.1, 0.15) is 29.8 Å². The molecular formula is C17H17FN6O3. The van der Waals surface area contributed by atoms with Gasteiger partial charge >= 0.3 is 0 Å². The van der Waals surface area contributed by atoms with Crippen LogP contribution >= 0.6 is 0 Å². The molecule has 4 rings (SSSR count). The zero-order valence-corrected chi connectivity index (χ0v) is 14.3. The van der Waals surface area contributed by atoms with Gasteiger partial charge in [0.05, 0.1) is 25.1 Å². The molecule has 9 nitrogen and oxygen atoms in total. The number of nitrogens with one attached hydrogen (secondary N) is 1. The molecule has 0 spiro atoms. The summed E-state index contributed by atoms with van der Waals surface area (Å²) in [5.41, 5.74) is 6.68. The number of nitrogens with two attached hydrogens (primary N) is 1. The molecule has 1 saturated heterocycles. The molecule has 4 heterocycles. The number of anilines is 2. The highest BCUT2D eigenvalue weighted by Gasteiger charge is 2.23. The minimum Gasteiger partial charge on any atom is -0.486 e. The van der Waals surface area contributed by atoms with Crippen molar-refractivity contribution in [2.75, 3.05) is 24.3 Å². The van der Waals surface area contributed by atoms with Crippen LogP contribution in [0.5, 0.6) is 5.75 Å². The Morgan fingerprint density at radius 3 is 3.15 bits per heavy atom. The van der Waals surface area contributed by atoms with Crippen LogP contribution in [-0.2, 0) is 11.4 Å². The van der Waals surface area contributed by atoms with Crippen LogP contribution in [0.15, 0.2) is 30.7 Å². The van der Waals surface area contributed by atoms with E-state index in [1.54, 1.807) is 12.3 Å². The maximum absolute atomic E-state index is 12.9. The Hall–Kier alpha value is -3.27. The van der Waals surface area contributed by atoms with Crippen LogP contribution in [0.2, 0.25) is 0 Å². The molecule has 1 atom stereocenters. The lowest BCUT2D eigenvalue weighted by molar-refractivity contribution is 0.102. The van der Waals surface area contributed by atoms with E-state index in [9.17, 15) is 9.18 Å². The van der Waals surface area contributed by atoms with Crippen molar-refractivity contribution in [3.05, 3.63) is 42.0 Å². The lowest BCUT2D eigenvalue weighted by Crippen LogP contribution is -2.19. The molecule has 3 N–H and O–H groups in total. The van der Waals surface area contributed by atoms with E-state index in [2.05, 4.69) is 20.4 Å². The SMILES string of the molecule is Nc1nn2ccc(CF)nc2c1C(=O)Nc1cnccc1O[C@H]1CCOC1. The number of alkyl halides is 1. The molecule has 0 unspecified atom stereocenters. The van der Waals surface area contributed by atoms with Crippen molar-refractivity contribution in [1.82, 2.24) is 19.6 Å². The van der Waals surface area contributed by atoms with Gasteiger partial charge in [-0.1, -0.05) is 0 Å². The fraction of sp³-hybridized carbons (Fsp3) is 0.294. The topological polar surface area (TPSA) is 117 Å². The normalized spacial score (nSPS) is 16.6. The van der Waals surface area contributed by atoms with Crippen molar-refractivity contribution in [3.8, 4) is 5.75 Å². The highest BCUT2D eigenvalue weighted by molar-refractivity contribution is 6.12. The van der Waals surface area contributed by atoms with Gasteiger partial charge < -0.3 is 20.5 Å². The number of amides is 1. The largest absolute Gasteiger partial charge is 0.486 e. The second-order valence-corrected chi connectivity index (χ2v) is 6.01. The van der Waals surface area contributed by atoms with Gasteiger partial charge in [-0.25, -0.2) is 13.9 Å². The summed E-state index contributed by atoms with van der Waals surface area (Å²) in [6, 6.07) is 3.13. The molecule has 0 saturated carbocycles. The molecule has 1 fully saturated rings. The number of carbonyl (C=O) groups excluding carboxylic acids is 1. The van der Waals surface area contributed by atoms with Crippen molar-refractivity contribution in [1.29, 1.82) is 0 Å². The van der Waals surface area contributed by atoms with E-state index in [0.29, 0.717) is 24.7 Å². The molecule has 1 aliphatic rings. The van der Waals surface area contributed by atoms with E-state index < -0.39 is 12.6 Å². The minimum absolute atomic E-state index is 0.00782. The molecule has 0 aromatic carbocycles. The van der Waals surface area contributed by atoms with Crippen LogP contribution < -0.4 is 15.8 Å². The number of aromatic nitrogens is 4. The Morgan fingerprint density at radius 2 is 2.37 bits per heavy atom. The summed E-state index contributed by atoms with van der Waals surface area (Å²) >= 11 is 0. The Balaban J connectivity index is 1.63. The predicted octanol–water partition coefficient (Wildman–Crippen LogP) is 1.60. The van der Waals surface area contributed by atoms with Crippen molar-refractivity contribution in [2.24, 2.45) is 0 Å². The van der Waals surface area contributed by atoms with E-state index >= 15 is 0 Å². The average Bonchev–Trinajstić information content (AvgIpc) is 3.29. The third-order valence-corrected chi connectivity index (χ3v) is 4.14. The molecule has 0 aliphatic carbocycles. The Bertz CT molecular complexity index is 986. The van der Waals surface area contributed by atoms with Crippen LogP contribution in [0.3, 0.4) is 0 Å². The quantitative estimate of drug-likeness (QED) is 0.698.